The van der Waals surface area contributed by atoms with Crippen LogP contribution in [0.3, 0.4) is 0 Å². The van der Waals surface area contributed by atoms with Crippen LogP contribution in [0.25, 0.3) is 33.9 Å². The van der Waals surface area contributed by atoms with E-state index in [9.17, 15) is 20.2 Å². The topological polar surface area (TPSA) is 234 Å². The number of nitro groups is 2. The molecule has 0 saturated heterocycles. The zero-order valence-electron chi connectivity index (χ0n) is 10.4. The molecule has 1 N–H and O–H groups in total. The number of aromatic amines is 1. The highest BCUT2D eigenvalue weighted by molar-refractivity contribution is 5.70. The summed E-state index contributed by atoms with van der Waals surface area (Å²) in [7, 11) is 0. The molecule has 0 aliphatic heterocycles. The van der Waals surface area contributed by atoms with Crippen LogP contribution < -0.4 is 0 Å². The van der Waals surface area contributed by atoms with Crippen molar-refractivity contribution in [2.24, 2.45) is 0 Å². The molecule has 17 heteroatoms. The maximum absolute atomic E-state index is 10.4. The van der Waals surface area contributed by atoms with Gasteiger partial charge in [-0.3, -0.25) is 35.6 Å². The Bertz CT molecular complexity index is 795. The third-order valence-corrected chi connectivity index (χ3v) is 2.22. The maximum Gasteiger partial charge on any atom is 0.203 e. The van der Waals surface area contributed by atoms with Gasteiger partial charge in [-0.2, -0.15) is 5.10 Å². The van der Waals surface area contributed by atoms with E-state index < -0.39 is 21.7 Å². The van der Waals surface area contributed by atoms with Crippen molar-refractivity contribution in [1.82, 2.24) is 35.8 Å². The van der Waals surface area contributed by atoms with E-state index in [0.29, 0.717) is 0 Å². The van der Waals surface area contributed by atoms with Crippen LogP contribution in [0.2, 0.25) is 0 Å². The van der Waals surface area contributed by atoms with Gasteiger partial charge in [-0.15, -0.1) is 10.9 Å². The summed E-state index contributed by atoms with van der Waals surface area (Å²) in [6.45, 7) is 0. The van der Waals surface area contributed by atoms with Gasteiger partial charge in [0.15, 0.2) is 17.2 Å². The SMILES string of the molecule is O=[N+]([O-])[N-]c1nonc1-c1n[nH]c(-c2nonc2[N-][N+](=O)[O-])n1. The summed E-state index contributed by atoms with van der Waals surface area (Å²) in [4.78, 5) is 24.6. The molecule has 0 aliphatic carbocycles. The number of aromatic nitrogens is 7. The number of nitrogens with zero attached hydrogens (tertiary/aromatic N) is 10. The zero-order valence-corrected chi connectivity index (χ0v) is 10.4. The predicted molar refractivity (Wildman–Crippen MR) is 63.0 cm³/mol. The fourth-order valence-electron chi connectivity index (χ4n) is 1.42. The van der Waals surface area contributed by atoms with Crippen molar-refractivity contribution >= 4 is 11.6 Å². The average molecular weight is 323 g/mol. The Morgan fingerprint density at radius 3 is 2.09 bits per heavy atom. The standard InChI is InChI=1S/C6HN11O6/c18-16(19)10-5-1(12-22-14-5)3-7-4(9-8-3)2-6(11-17(20)21)15-23-13-2/h(H-2,7,8,9,10,11,14,15)/q-2. The summed E-state index contributed by atoms with van der Waals surface area (Å²) in [5.74, 6) is -1.21. The van der Waals surface area contributed by atoms with Crippen molar-refractivity contribution in [2.75, 3.05) is 0 Å². The molecule has 0 amide bonds. The van der Waals surface area contributed by atoms with E-state index in [4.69, 9.17) is 0 Å². The Morgan fingerprint density at radius 2 is 1.48 bits per heavy atom. The van der Waals surface area contributed by atoms with Crippen molar-refractivity contribution in [2.45, 2.75) is 0 Å². The highest BCUT2D eigenvalue weighted by Gasteiger charge is 2.18. The Morgan fingerprint density at radius 1 is 0.913 bits per heavy atom. The normalized spacial score (nSPS) is 10.4. The van der Waals surface area contributed by atoms with Crippen molar-refractivity contribution in [3.63, 3.8) is 0 Å². The van der Waals surface area contributed by atoms with Crippen LogP contribution in [0, 0.1) is 20.2 Å². The van der Waals surface area contributed by atoms with Gasteiger partial charge in [0.05, 0.1) is 21.7 Å². The lowest BCUT2D eigenvalue weighted by atomic mass is 10.4. The van der Waals surface area contributed by atoms with Gasteiger partial charge in [-0.1, -0.05) is 10.3 Å². The largest absolute Gasteiger partial charge is 0.348 e. The van der Waals surface area contributed by atoms with Gasteiger partial charge in [0.25, 0.3) is 0 Å². The molecular weight excluding hydrogens is 322 g/mol. The lowest BCUT2D eigenvalue weighted by Crippen LogP contribution is -1.90. The van der Waals surface area contributed by atoms with Crippen LogP contribution >= 0.6 is 0 Å². The Balaban J connectivity index is 1.93. The molecule has 118 valence electrons. The molecule has 3 rings (SSSR count). The summed E-state index contributed by atoms with van der Waals surface area (Å²) in [5, 5.41) is 38.0. The molecule has 0 radical (unpaired) electrons. The molecule has 0 aliphatic rings. The highest BCUT2D eigenvalue weighted by atomic mass is 16.7. The molecule has 0 unspecified atom stereocenters. The average Bonchev–Trinajstić information content (AvgIpc) is 3.16. The van der Waals surface area contributed by atoms with Crippen molar-refractivity contribution < 1.29 is 19.3 Å². The summed E-state index contributed by atoms with van der Waals surface area (Å²) in [5.41, 5.74) is 5.44. The van der Waals surface area contributed by atoms with Gasteiger partial charge < -0.3 is 9.26 Å². The minimum Gasteiger partial charge on any atom is -0.348 e. The molecule has 3 aromatic rings. The van der Waals surface area contributed by atoms with E-state index in [2.05, 4.69) is 55.9 Å². The molecule has 0 fully saturated rings. The van der Waals surface area contributed by atoms with Gasteiger partial charge in [-0.25, -0.2) is 4.98 Å². The molecule has 0 aromatic carbocycles. The van der Waals surface area contributed by atoms with Gasteiger partial charge in [0, 0.05) is 0 Å². The molecule has 0 atom stereocenters. The first kappa shape index (κ1) is 13.8. The second-order valence-corrected chi connectivity index (χ2v) is 3.56. The predicted octanol–water partition coefficient (Wildman–Crippen LogP) is 0.298. The van der Waals surface area contributed by atoms with Crippen LogP contribution in [-0.4, -0.2) is 45.9 Å². The van der Waals surface area contributed by atoms with Crippen molar-refractivity contribution in [1.29, 1.82) is 0 Å². The summed E-state index contributed by atoms with van der Waals surface area (Å²) in [6.07, 6.45) is 0. The molecule has 3 aromatic heterocycles. The molecule has 0 bridgehead atoms. The van der Waals surface area contributed by atoms with Crippen molar-refractivity contribution in [3.05, 3.63) is 31.1 Å². The van der Waals surface area contributed by atoms with E-state index in [1.807, 2.05) is 0 Å². The van der Waals surface area contributed by atoms with Crippen LogP contribution in [0.1, 0.15) is 0 Å². The molecule has 0 spiro atoms. The van der Waals surface area contributed by atoms with Gasteiger partial charge in [-0.05, 0) is 0 Å². The number of H-pyrrole nitrogens is 1. The third kappa shape index (κ3) is 2.68. The molecular formula is C6HN11O6-2. The first-order valence-corrected chi connectivity index (χ1v) is 5.35. The Labute approximate surface area is 122 Å². The lowest BCUT2D eigenvalue weighted by Gasteiger charge is -1.99. The number of nitrogens with one attached hydrogen (secondary N) is 1. The molecule has 23 heavy (non-hydrogen) atoms. The van der Waals surface area contributed by atoms with Crippen molar-refractivity contribution in [3.8, 4) is 23.0 Å². The summed E-state index contributed by atoms with van der Waals surface area (Å²) in [6, 6.07) is 0. The minimum atomic E-state index is -1.01. The third-order valence-electron chi connectivity index (χ3n) is 2.22. The monoisotopic (exact) mass is 323 g/mol. The second-order valence-electron chi connectivity index (χ2n) is 3.56. The number of hydrogen-bond donors (Lipinski definition) is 1. The van der Waals surface area contributed by atoms with Gasteiger partial charge in [0.1, 0.15) is 0 Å². The van der Waals surface area contributed by atoms with E-state index in [1.54, 1.807) is 0 Å². The van der Waals surface area contributed by atoms with E-state index in [1.165, 1.54) is 0 Å². The Hall–Kier alpha value is -4.18. The molecule has 3 heterocycles. The van der Waals surface area contributed by atoms with E-state index in [0.717, 1.165) is 0 Å². The number of hydrogen-bond acceptors (Lipinski definition) is 12. The fourth-order valence-corrected chi connectivity index (χ4v) is 1.42. The minimum absolute atomic E-state index is 0.114. The maximum atomic E-state index is 10.4. The van der Waals surface area contributed by atoms with Crippen LogP contribution in [0.4, 0.5) is 11.6 Å². The summed E-state index contributed by atoms with van der Waals surface area (Å²) < 4.78 is 8.67. The first-order valence-electron chi connectivity index (χ1n) is 5.35. The second kappa shape index (κ2) is 5.31. The van der Waals surface area contributed by atoms with Crippen LogP contribution in [0.15, 0.2) is 9.26 Å². The first-order chi connectivity index (χ1) is 11.0. The van der Waals surface area contributed by atoms with Gasteiger partial charge >= 0.3 is 0 Å². The van der Waals surface area contributed by atoms with Crippen LogP contribution in [-0.2, 0) is 0 Å². The van der Waals surface area contributed by atoms with Crippen LogP contribution in [0.5, 0.6) is 0 Å². The Kier molecular flexibility index (Phi) is 3.18. The lowest BCUT2D eigenvalue weighted by molar-refractivity contribution is -0.419. The number of rotatable bonds is 6. The highest BCUT2D eigenvalue weighted by Crippen LogP contribution is 2.31. The van der Waals surface area contributed by atoms with E-state index in [-0.39, 0.29) is 23.0 Å². The molecule has 0 saturated carbocycles. The van der Waals surface area contributed by atoms with Gasteiger partial charge in [0.2, 0.25) is 5.82 Å². The molecule has 17 nitrogen and oxygen atoms in total. The smallest absolute Gasteiger partial charge is 0.203 e. The quantitative estimate of drug-likeness (QED) is 0.476. The van der Waals surface area contributed by atoms with E-state index >= 15 is 0 Å². The zero-order chi connectivity index (χ0) is 16.4. The fraction of sp³-hybridized carbons (Fsp3) is 0. The summed E-state index contributed by atoms with van der Waals surface area (Å²) >= 11 is 0.